The van der Waals surface area contributed by atoms with E-state index in [1.54, 1.807) is 0 Å². The third-order valence-corrected chi connectivity index (χ3v) is 2.65. The maximum absolute atomic E-state index is 12.6. The zero-order valence-electron chi connectivity index (χ0n) is 8.38. The molecule has 0 amide bonds. The Labute approximate surface area is 90.1 Å². The Kier molecular flexibility index (Phi) is 2.95. The summed E-state index contributed by atoms with van der Waals surface area (Å²) < 4.78 is 26.2. The largest absolute Gasteiger partial charge is 0.391 e. The van der Waals surface area contributed by atoms with Crippen molar-refractivity contribution in [1.29, 1.82) is 0 Å². The van der Waals surface area contributed by atoms with E-state index < -0.39 is 18.2 Å². The van der Waals surface area contributed by atoms with Crippen LogP contribution in [0.1, 0.15) is 35.4 Å². The number of nitrogens with zero attached hydrogens (tertiary/aromatic N) is 3. The summed E-state index contributed by atoms with van der Waals surface area (Å²) in [6.07, 6.45) is -1.46. The zero-order chi connectivity index (χ0) is 11.7. The van der Waals surface area contributed by atoms with Gasteiger partial charge in [-0.05, 0) is 18.8 Å². The number of aliphatic hydroxyl groups excluding tert-OH is 1. The summed E-state index contributed by atoms with van der Waals surface area (Å²) in [5.74, 6) is 0.161. The van der Waals surface area contributed by atoms with Crippen LogP contribution < -0.4 is 0 Å². The van der Waals surface area contributed by atoms with E-state index in [0.29, 0.717) is 0 Å². The van der Waals surface area contributed by atoms with Gasteiger partial charge in [-0.15, -0.1) is 5.10 Å². The first-order valence-electron chi connectivity index (χ1n) is 4.98. The number of carbonyl (C=O) groups is 1. The Morgan fingerprint density at radius 3 is 2.75 bits per heavy atom. The highest BCUT2D eigenvalue weighted by Gasteiger charge is 2.32. The fourth-order valence-electron chi connectivity index (χ4n) is 1.58. The topological polar surface area (TPSA) is 68.0 Å². The molecule has 1 heterocycles. The second kappa shape index (κ2) is 4.25. The second-order valence-corrected chi connectivity index (χ2v) is 3.87. The molecule has 1 saturated carbocycles. The highest BCUT2D eigenvalue weighted by molar-refractivity contribution is 5.73. The third-order valence-electron chi connectivity index (χ3n) is 2.65. The van der Waals surface area contributed by atoms with E-state index in [0.717, 1.165) is 17.5 Å². The SMILES string of the molecule is O=Cc1nnn(CC(O)C2CC2)c1C(F)F. The van der Waals surface area contributed by atoms with Crippen molar-refractivity contribution in [3.05, 3.63) is 11.4 Å². The summed E-state index contributed by atoms with van der Waals surface area (Å²) in [6, 6.07) is 0. The van der Waals surface area contributed by atoms with Gasteiger partial charge in [-0.2, -0.15) is 0 Å². The average Bonchev–Trinajstić information content (AvgIpc) is 3.00. The van der Waals surface area contributed by atoms with Crippen molar-refractivity contribution in [1.82, 2.24) is 15.0 Å². The molecule has 88 valence electrons. The number of hydrogen-bond donors (Lipinski definition) is 1. The molecule has 1 fully saturated rings. The molecule has 2 rings (SSSR count). The van der Waals surface area contributed by atoms with E-state index in [1.165, 1.54) is 0 Å². The minimum atomic E-state index is -2.82. The maximum atomic E-state index is 12.6. The van der Waals surface area contributed by atoms with Crippen LogP contribution >= 0.6 is 0 Å². The number of aliphatic hydroxyl groups is 1. The molecule has 0 radical (unpaired) electrons. The molecule has 0 saturated heterocycles. The second-order valence-electron chi connectivity index (χ2n) is 3.87. The number of aldehydes is 1. The van der Waals surface area contributed by atoms with Gasteiger partial charge in [0.15, 0.2) is 12.0 Å². The van der Waals surface area contributed by atoms with Crippen molar-refractivity contribution in [2.24, 2.45) is 5.92 Å². The lowest BCUT2D eigenvalue weighted by Crippen LogP contribution is -2.21. The molecule has 7 heteroatoms. The lowest BCUT2D eigenvalue weighted by molar-refractivity contribution is 0.103. The van der Waals surface area contributed by atoms with E-state index in [9.17, 15) is 18.7 Å². The fraction of sp³-hybridized carbons (Fsp3) is 0.667. The van der Waals surface area contributed by atoms with Crippen molar-refractivity contribution in [2.75, 3.05) is 0 Å². The molecule has 0 aliphatic heterocycles. The van der Waals surface area contributed by atoms with Crippen LogP contribution in [0.5, 0.6) is 0 Å². The first-order chi connectivity index (χ1) is 7.63. The van der Waals surface area contributed by atoms with Crippen molar-refractivity contribution < 1.29 is 18.7 Å². The molecule has 0 bridgehead atoms. The number of rotatable bonds is 5. The summed E-state index contributed by atoms with van der Waals surface area (Å²) in [4.78, 5) is 10.5. The lowest BCUT2D eigenvalue weighted by atomic mass is 10.2. The Morgan fingerprint density at radius 1 is 1.56 bits per heavy atom. The van der Waals surface area contributed by atoms with Gasteiger partial charge in [0.05, 0.1) is 12.6 Å². The van der Waals surface area contributed by atoms with Gasteiger partial charge in [0, 0.05) is 0 Å². The smallest absolute Gasteiger partial charge is 0.282 e. The summed E-state index contributed by atoms with van der Waals surface area (Å²) >= 11 is 0. The van der Waals surface area contributed by atoms with Gasteiger partial charge in [0.25, 0.3) is 6.43 Å². The normalized spacial score (nSPS) is 17.8. The van der Waals surface area contributed by atoms with Gasteiger partial charge >= 0.3 is 0 Å². The first-order valence-corrected chi connectivity index (χ1v) is 4.98. The molecule has 5 nitrogen and oxygen atoms in total. The van der Waals surface area contributed by atoms with Crippen LogP contribution in [0.25, 0.3) is 0 Å². The summed E-state index contributed by atoms with van der Waals surface area (Å²) in [5.41, 5.74) is -0.882. The zero-order valence-corrected chi connectivity index (χ0v) is 8.38. The van der Waals surface area contributed by atoms with Crippen LogP contribution in [0.3, 0.4) is 0 Å². The van der Waals surface area contributed by atoms with Crippen molar-refractivity contribution in [2.45, 2.75) is 31.9 Å². The van der Waals surface area contributed by atoms with E-state index in [-0.39, 0.29) is 24.4 Å². The molecular weight excluding hydrogens is 220 g/mol. The Bertz CT molecular complexity index is 390. The molecule has 1 aromatic heterocycles. The number of carbonyl (C=O) groups excluding carboxylic acids is 1. The molecule has 1 aliphatic rings. The van der Waals surface area contributed by atoms with Crippen molar-refractivity contribution in [3.8, 4) is 0 Å². The van der Waals surface area contributed by atoms with Gasteiger partial charge in [-0.1, -0.05) is 5.21 Å². The first kappa shape index (κ1) is 11.1. The highest BCUT2D eigenvalue weighted by atomic mass is 19.3. The quantitative estimate of drug-likeness (QED) is 0.761. The standard InChI is InChI=1S/C9H11F2N3O2/c10-9(11)8-6(4-15)12-13-14(8)3-7(16)5-1-2-5/h4-5,7,9,16H,1-3H2. The average molecular weight is 231 g/mol. The highest BCUT2D eigenvalue weighted by Crippen LogP contribution is 2.33. The van der Waals surface area contributed by atoms with Gasteiger partial charge in [0.2, 0.25) is 0 Å². The molecule has 1 unspecified atom stereocenters. The predicted molar refractivity (Wildman–Crippen MR) is 49.1 cm³/mol. The van der Waals surface area contributed by atoms with Crippen molar-refractivity contribution >= 4 is 6.29 Å². The number of aromatic nitrogens is 3. The molecule has 1 atom stereocenters. The maximum Gasteiger partial charge on any atom is 0.282 e. The molecule has 0 spiro atoms. The predicted octanol–water partition coefficient (Wildman–Crippen LogP) is 0.799. The Morgan fingerprint density at radius 2 is 2.25 bits per heavy atom. The van der Waals surface area contributed by atoms with E-state index in [1.807, 2.05) is 0 Å². The summed E-state index contributed by atoms with van der Waals surface area (Å²) in [7, 11) is 0. The Hall–Kier alpha value is -1.37. The lowest BCUT2D eigenvalue weighted by Gasteiger charge is -2.10. The molecule has 1 aromatic rings. The number of halogens is 2. The van der Waals surface area contributed by atoms with Gasteiger partial charge in [-0.25, -0.2) is 13.5 Å². The summed E-state index contributed by atoms with van der Waals surface area (Å²) in [6.45, 7) is -0.0365. The molecular formula is C9H11F2N3O2. The van der Waals surface area contributed by atoms with Crippen LogP contribution in [0.15, 0.2) is 0 Å². The van der Waals surface area contributed by atoms with Crippen LogP contribution in [-0.2, 0) is 6.54 Å². The number of alkyl halides is 2. The van der Waals surface area contributed by atoms with Gasteiger partial charge < -0.3 is 5.11 Å². The van der Waals surface area contributed by atoms with E-state index in [2.05, 4.69) is 10.3 Å². The van der Waals surface area contributed by atoms with Gasteiger partial charge in [-0.3, -0.25) is 4.79 Å². The molecule has 0 aromatic carbocycles. The van der Waals surface area contributed by atoms with Crippen molar-refractivity contribution in [3.63, 3.8) is 0 Å². The van der Waals surface area contributed by atoms with Crippen LogP contribution in [0.2, 0.25) is 0 Å². The van der Waals surface area contributed by atoms with E-state index >= 15 is 0 Å². The minimum absolute atomic E-state index is 0.0365. The third kappa shape index (κ3) is 2.08. The van der Waals surface area contributed by atoms with Crippen LogP contribution in [-0.4, -0.2) is 32.5 Å². The van der Waals surface area contributed by atoms with E-state index in [4.69, 9.17) is 0 Å². The molecule has 16 heavy (non-hydrogen) atoms. The van der Waals surface area contributed by atoms with Gasteiger partial charge in [0.1, 0.15) is 5.69 Å². The number of hydrogen-bond acceptors (Lipinski definition) is 4. The molecule has 1 aliphatic carbocycles. The monoisotopic (exact) mass is 231 g/mol. The fourth-order valence-corrected chi connectivity index (χ4v) is 1.58. The molecule has 1 N–H and O–H groups in total. The Balaban J connectivity index is 2.18. The van der Waals surface area contributed by atoms with Crippen LogP contribution in [0.4, 0.5) is 8.78 Å². The summed E-state index contributed by atoms with van der Waals surface area (Å²) in [5, 5.41) is 16.4. The minimum Gasteiger partial charge on any atom is -0.391 e. The van der Waals surface area contributed by atoms with Crippen LogP contribution in [0, 0.1) is 5.92 Å².